The highest BCUT2D eigenvalue weighted by atomic mass is 32.2. The Morgan fingerprint density at radius 3 is 2.52 bits per heavy atom. The molecule has 2 aromatic carbocycles. The summed E-state index contributed by atoms with van der Waals surface area (Å²) in [5.74, 6) is 0.805. The Bertz CT molecular complexity index is 878. The Morgan fingerprint density at radius 1 is 1.08 bits per heavy atom. The van der Waals surface area contributed by atoms with E-state index in [1.54, 1.807) is 30.3 Å². The van der Waals surface area contributed by atoms with Gasteiger partial charge in [-0.2, -0.15) is 0 Å². The smallest absolute Gasteiger partial charge is 0.255 e. The molecule has 0 aromatic heterocycles. The summed E-state index contributed by atoms with van der Waals surface area (Å²) in [4.78, 5) is 12.5. The van der Waals surface area contributed by atoms with Gasteiger partial charge in [0, 0.05) is 17.8 Å². The van der Waals surface area contributed by atoms with Crippen LogP contribution in [0.5, 0.6) is 11.5 Å². The number of nitrogens with one attached hydrogen (secondary N) is 2. The molecule has 8 heteroatoms. The van der Waals surface area contributed by atoms with E-state index in [1.165, 1.54) is 12.1 Å². The molecule has 0 saturated heterocycles. The highest BCUT2D eigenvalue weighted by molar-refractivity contribution is 7.89. The molecule has 7 nitrogen and oxygen atoms in total. The van der Waals surface area contributed by atoms with Crippen LogP contribution in [-0.4, -0.2) is 27.7 Å². The van der Waals surface area contributed by atoms with Gasteiger partial charge in [-0.3, -0.25) is 4.79 Å². The van der Waals surface area contributed by atoms with Crippen molar-refractivity contribution in [3.05, 3.63) is 48.0 Å². The van der Waals surface area contributed by atoms with Crippen LogP contribution in [0, 0.1) is 0 Å². The summed E-state index contributed by atoms with van der Waals surface area (Å²) in [6.45, 7) is 2.41. The van der Waals surface area contributed by atoms with Gasteiger partial charge in [-0.05, 0) is 48.9 Å². The minimum absolute atomic E-state index is 0.141. The number of fused-ring (bicyclic) bond motifs is 1. The predicted molar refractivity (Wildman–Crippen MR) is 92.4 cm³/mol. The number of benzene rings is 2. The highest BCUT2D eigenvalue weighted by Crippen LogP contribution is 2.32. The van der Waals surface area contributed by atoms with Crippen LogP contribution < -0.4 is 19.5 Å². The molecule has 0 atom stereocenters. The fourth-order valence-electron chi connectivity index (χ4n) is 2.28. The van der Waals surface area contributed by atoms with Crippen molar-refractivity contribution in [2.45, 2.75) is 18.2 Å². The summed E-state index contributed by atoms with van der Waals surface area (Å²) in [6, 6.07) is 10.9. The van der Waals surface area contributed by atoms with Gasteiger partial charge < -0.3 is 14.8 Å². The minimum Gasteiger partial charge on any atom is -0.454 e. The minimum atomic E-state index is -3.52. The third-order valence-corrected chi connectivity index (χ3v) is 5.08. The molecule has 0 unspecified atom stereocenters. The molecule has 2 aromatic rings. The summed E-state index contributed by atoms with van der Waals surface area (Å²) in [6.07, 6.45) is 0.711. The van der Waals surface area contributed by atoms with Gasteiger partial charge in [-0.1, -0.05) is 6.92 Å². The summed E-state index contributed by atoms with van der Waals surface area (Å²) < 4.78 is 37.0. The molecule has 1 heterocycles. The molecule has 3 rings (SSSR count). The summed E-state index contributed by atoms with van der Waals surface area (Å²) in [7, 11) is -3.52. The van der Waals surface area contributed by atoms with E-state index in [4.69, 9.17) is 9.47 Å². The van der Waals surface area contributed by atoms with Crippen molar-refractivity contribution in [2.75, 3.05) is 18.7 Å². The fourth-order valence-corrected chi connectivity index (χ4v) is 3.41. The van der Waals surface area contributed by atoms with Gasteiger partial charge in [0.1, 0.15) is 0 Å². The quantitative estimate of drug-likeness (QED) is 0.823. The molecule has 25 heavy (non-hydrogen) atoms. The number of hydrogen-bond acceptors (Lipinski definition) is 5. The monoisotopic (exact) mass is 362 g/mol. The zero-order valence-corrected chi connectivity index (χ0v) is 14.4. The zero-order chi connectivity index (χ0) is 17.9. The van der Waals surface area contributed by atoms with Crippen LogP contribution in [-0.2, 0) is 10.0 Å². The van der Waals surface area contributed by atoms with E-state index in [9.17, 15) is 13.2 Å². The Hall–Kier alpha value is -2.58. The van der Waals surface area contributed by atoms with Crippen LogP contribution in [0.1, 0.15) is 23.7 Å². The molecule has 1 aliphatic heterocycles. The second-order valence-electron chi connectivity index (χ2n) is 5.44. The molecule has 0 saturated carbocycles. The van der Waals surface area contributed by atoms with Crippen molar-refractivity contribution >= 4 is 21.6 Å². The Labute approximate surface area is 146 Å². The number of sulfonamides is 1. The first-order valence-corrected chi connectivity index (χ1v) is 9.28. The first-order valence-electron chi connectivity index (χ1n) is 7.80. The van der Waals surface area contributed by atoms with Crippen molar-refractivity contribution in [1.29, 1.82) is 0 Å². The lowest BCUT2D eigenvalue weighted by Crippen LogP contribution is -2.24. The van der Waals surface area contributed by atoms with Gasteiger partial charge in [0.15, 0.2) is 11.5 Å². The van der Waals surface area contributed by atoms with Gasteiger partial charge >= 0.3 is 0 Å². The largest absolute Gasteiger partial charge is 0.454 e. The number of carbonyl (C=O) groups is 1. The maximum atomic E-state index is 12.3. The van der Waals surface area contributed by atoms with Crippen molar-refractivity contribution in [1.82, 2.24) is 4.72 Å². The van der Waals surface area contributed by atoms with E-state index in [2.05, 4.69) is 10.0 Å². The average Bonchev–Trinajstić information content (AvgIpc) is 3.08. The number of anilines is 1. The Balaban J connectivity index is 1.70. The van der Waals surface area contributed by atoms with Crippen molar-refractivity contribution in [2.24, 2.45) is 0 Å². The van der Waals surface area contributed by atoms with Gasteiger partial charge in [0.2, 0.25) is 16.8 Å². The van der Waals surface area contributed by atoms with Gasteiger partial charge in [0.25, 0.3) is 5.91 Å². The maximum Gasteiger partial charge on any atom is 0.255 e. The molecule has 1 aliphatic rings. The van der Waals surface area contributed by atoms with Crippen molar-refractivity contribution < 1.29 is 22.7 Å². The van der Waals surface area contributed by atoms with E-state index in [-0.39, 0.29) is 17.6 Å². The summed E-state index contributed by atoms with van der Waals surface area (Å²) in [5.41, 5.74) is 0.919. The third kappa shape index (κ3) is 3.92. The maximum absolute atomic E-state index is 12.3. The molecule has 0 bridgehead atoms. The summed E-state index contributed by atoms with van der Waals surface area (Å²) >= 11 is 0. The molecule has 1 amide bonds. The van der Waals surface area contributed by atoms with Gasteiger partial charge in [-0.15, -0.1) is 0 Å². The number of ether oxygens (including phenoxy) is 2. The molecular formula is C17H18N2O5S. The SMILES string of the molecule is CCCNS(=O)(=O)c1ccc(NC(=O)c2ccc3c(c2)OCO3)cc1. The lowest BCUT2D eigenvalue weighted by Gasteiger charge is -2.08. The number of rotatable bonds is 6. The summed E-state index contributed by atoms with van der Waals surface area (Å²) in [5, 5.41) is 2.72. The molecule has 0 spiro atoms. The van der Waals surface area contributed by atoms with E-state index < -0.39 is 10.0 Å². The topological polar surface area (TPSA) is 93.7 Å². The van der Waals surface area contributed by atoms with Gasteiger partial charge in [-0.25, -0.2) is 13.1 Å². The molecule has 0 aliphatic carbocycles. The van der Waals surface area contributed by atoms with Crippen LogP contribution in [0.3, 0.4) is 0 Å². The third-order valence-electron chi connectivity index (χ3n) is 3.60. The number of carbonyl (C=O) groups excluding carboxylic acids is 1. The average molecular weight is 362 g/mol. The molecular weight excluding hydrogens is 344 g/mol. The number of amides is 1. The van der Waals surface area contributed by atoms with E-state index in [0.29, 0.717) is 35.7 Å². The van der Waals surface area contributed by atoms with Gasteiger partial charge in [0.05, 0.1) is 4.90 Å². The Morgan fingerprint density at radius 2 is 1.80 bits per heavy atom. The van der Waals surface area contributed by atoms with Crippen LogP contribution >= 0.6 is 0 Å². The first-order chi connectivity index (χ1) is 12.0. The molecule has 0 fully saturated rings. The lowest BCUT2D eigenvalue weighted by atomic mass is 10.2. The van der Waals surface area contributed by atoms with Crippen LogP contribution in [0.2, 0.25) is 0 Å². The second-order valence-corrected chi connectivity index (χ2v) is 7.21. The van der Waals surface area contributed by atoms with Crippen LogP contribution in [0.25, 0.3) is 0 Å². The fraction of sp³-hybridized carbons (Fsp3) is 0.235. The van der Waals surface area contributed by atoms with Crippen LogP contribution in [0.4, 0.5) is 5.69 Å². The molecule has 132 valence electrons. The standard InChI is InChI=1S/C17H18N2O5S/c1-2-9-18-25(21,22)14-6-4-13(5-7-14)19-17(20)12-3-8-15-16(10-12)24-11-23-15/h3-8,10,18H,2,9,11H2,1H3,(H,19,20). The van der Waals surface area contributed by atoms with Crippen molar-refractivity contribution in [3.63, 3.8) is 0 Å². The van der Waals surface area contributed by atoms with E-state index >= 15 is 0 Å². The molecule has 2 N–H and O–H groups in total. The predicted octanol–water partition coefficient (Wildman–Crippen LogP) is 2.36. The van der Waals surface area contributed by atoms with Crippen molar-refractivity contribution in [3.8, 4) is 11.5 Å². The lowest BCUT2D eigenvalue weighted by molar-refractivity contribution is 0.102. The zero-order valence-electron chi connectivity index (χ0n) is 13.6. The number of hydrogen-bond donors (Lipinski definition) is 2. The normalized spacial score (nSPS) is 12.8. The highest BCUT2D eigenvalue weighted by Gasteiger charge is 2.17. The molecule has 0 radical (unpaired) electrons. The van der Waals surface area contributed by atoms with E-state index in [0.717, 1.165) is 0 Å². The second kappa shape index (κ2) is 7.12. The van der Waals surface area contributed by atoms with Crippen LogP contribution in [0.15, 0.2) is 47.4 Å². The Kier molecular flexibility index (Phi) is 4.91. The van der Waals surface area contributed by atoms with E-state index in [1.807, 2.05) is 6.92 Å². The first kappa shape index (κ1) is 17.2.